The van der Waals surface area contributed by atoms with E-state index >= 15 is 0 Å². The number of hydrogen-bond acceptors (Lipinski definition) is 3. The maximum Gasteiger partial charge on any atom is 0.257 e. The second-order valence-corrected chi connectivity index (χ2v) is 8.35. The summed E-state index contributed by atoms with van der Waals surface area (Å²) in [5, 5.41) is 6.60. The third-order valence-corrected chi connectivity index (χ3v) is 5.45. The van der Waals surface area contributed by atoms with Crippen LogP contribution in [0.5, 0.6) is 0 Å². The van der Waals surface area contributed by atoms with E-state index in [1.807, 2.05) is 54.4 Å². The maximum absolute atomic E-state index is 12.5. The van der Waals surface area contributed by atoms with Crippen LogP contribution in [0, 0.1) is 0 Å². The molecule has 2 amide bonds. The fourth-order valence-electron chi connectivity index (χ4n) is 3.37. The number of aryl methyl sites for hydroxylation is 1. The lowest BCUT2D eigenvalue weighted by molar-refractivity contribution is -0.117. The monoisotopic (exact) mass is 469 g/mol. The van der Waals surface area contributed by atoms with E-state index in [0.29, 0.717) is 27.8 Å². The zero-order valence-electron chi connectivity index (χ0n) is 18.0. The van der Waals surface area contributed by atoms with Gasteiger partial charge in [-0.2, -0.15) is 0 Å². The molecule has 2 N–H and O–H groups in total. The molecule has 0 saturated carbocycles. The molecule has 0 aliphatic rings. The second-order valence-electron chi connectivity index (χ2n) is 7.51. The molecule has 0 spiro atoms. The molecule has 0 saturated heterocycles. The Bertz CT molecular complexity index is 1120. The van der Waals surface area contributed by atoms with Crippen molar-refractivity contribution in [3.05, 3.63) is 93.5 Å². The van der Waals surface area contributed by atoms with Crippen molar-refractivity contribution in [3.8, 4) is 0 Å². The highest BCUT2D eigenvalue weighted by molar-refractivity contribution is 6.37. The van der Waals surface area contributed by atoms with Gasteiger partial charge in [-0.15, -0.1) is 0 Å². The molecular weight excluding hydrogens is 445 g/mol. The Morgan fingerprint density at radius 1 is 0.938 bits per heavy atom. The SMILES string of the molecule is CCc1ccccc1NC(=O)CN(C)Cc1cccc(NC(=O)c2ccc(Cl)cc2Cl)c1. The van der Waals surface area contributed by atoms with E-state index < -0.39 is 0 Å². The normalized spacial score (nSPS) is 10.8. The summed E-state index contributed by atoms with van der Waals surface area (Å²) in [7, 11) is 1.88. The average Bonchev–Trinajstić information content (AvgIpc) is 2.74. The summed E-state index contributed by atoms with van der Waals surface area (Å²) < 4.78 is 0. The molecule has 3 aromatic carbocycles. The molecule has 0 fully saturated rings. The molecule has 0 aromatic heterocycles. The number of amides is 2. The number of rotatable bonds is 8. The molecule has 3 aromatic rings. The lowest BCUT2D eigenvalue weighted by Crippen LogP contribution is -2.30. The van der Waals surface area contributed by atoms with Gasteiger partial charge >= 0.3 is 0 Å². The molecule has 7 heteroatoms. The standard InChI is InChI=1S/C25H25Cl2N3O2/c1-3-18-8-4-5-10-23(18)29-24(31)16-30(2)15-17-7-6-9-20(13-17)28-25(32)21-12-11-19(26)14-22(21)27/h4-14H,3,15-16H2,1-2H3,(H,28,32)(H,29,31). The molecule has 0 unspecified atom stereocenters. The topological polar surface area (TPSA) is 61.4 Å². The summed E-state index contributed by atoms with van der Waals surface area (Å²) in [6.07, 6.45) is 0.853. The Morgan fingerprint density at radius 2 is 1.72 bits per heavy atom. The fourth-order valence-corrected chi connectivity index (χ4v) is 3.87. The van der Waals surface area contributed by atoms with Crippen LogP contribution in [0.4, 0.5) is 11.4 Å². The minimum atomic E-state index is -0.314. The Labute approximate surface area is 198 Å². The third kappa shape index (κ3) is 6.57. The number of likely N-dealkylation sites (N-methyl/N-ethyl adjacent to an activating group) is 1. The Hall–Kier alpha value is -2.86. The first kappa shape index (κ1) is 23.8. The lowest BCUT2D eigenvalue weighted by Gasteiger charge is -2.18. The van der Waals surface area contributed by atoms with Crippen LogP contribution in [0.2, 0.25) is 10.0 Å². The molecule has 0 aliphatic carbocycles. The van der Waals surface area contributed by atoms with E-state index in [1.165, 1.54) is 6.07 Å². The second kappa shape index (κ2) is 11.1. The molecule has 0 atom stereocenters. The van der Waals surface area contributed by atoms with Crippen molar-refractivity contribution in [1.29, 1.82) is 0 Å². The van der Waals surface area contributed by atoms with Gasteiger partial charge in [0.15, 0.2) is 0 Å². The maximum atomic E-state index is 12.5. The zero-order chi connectivity index (χ0) is 23.1. The average molecular weight is 470 g/mol. The van der Waals surface area contributed by atoms with Gasteiger partial charge in [0.05, 0.1) is 17.1 Å². The fraction of sp³-hybridized carbons (Fsp3) is 0.200. The first-order chi connectivity index (χ1) is 15.4. The van der Waals surface area contributed by atoms with Crippen LogP contribution in [-0.4, -0.2) is 30.3 Å². The summed E-state index contributed by atoms with van der Waals surface area (Å²) in [6.45, 7) is 2.85. The number of benzene rings is 3. The van der Waals surface area contributed by atoms with Crippen LogP contribution in [0.25, 0.3) is 0 Å². The van der Waals surface area contributed by atoms with E-state index in [-0.39, 0.29) is 18.4 Å². The molecule has 5 nitrogen and oxygen atoms in total. The summed E-state index contributed by atoms with van der Waals surface area (Å²) in [4.78, 5) is 26.9. The number of carbonyl (C=O) groups is 2. The lowest BCUT2D eigenvalue weighted by atomic mass is 10.1. The van der Waals surface area contributed by atoms with Gasteiger partial charge < -0.3 is 10.6 Å². The van der Waals surface area contributed by atoms with Crippen LogP contribution >= 0.6 is 23.2 Å². The molecule has 0 radical (unpaired) electrons. The number of anilines is 2. The number of hydrogen-bond donors (Lipinski definition) is 2. The predicted molar refractivity (Wildman–Crippen MR) is 132 cm³/mol. The molecule has 166 valence electrons. The van der Waals surface area contributed by atoms with Gasteiger partial charge in [-0.1, -0.05) is 60.5 Å². The largest absolute Gasteiger partial charge is 0.325 e. The van der Waals surface area contributed by atoms with Gasteiger partial charge in [-0.05, 0) is 61.0 Å². The number of halogens is 2. The van der Waals surface area contributed by atoms with E-state index in [0.717, 1.165) is 23.2 Å². The van der Waals surface area contributed by atoms with E-state index in [1.54, 1.807) is 18.2 Å². The summed E-state index contributed by atoms with van der Waals surface area (Å²) in [5.74, 6) is -0.388. The number of para-hydroxylation sites is 1. The Kier molecular flexibility index (Phi) is 8.28. The van der Waals surface area contributed by atoms with Crippen molar-refractivity contribution in [3.63, 3.8) is 0 Å². The van der Waals surface area contributed by atoms with Crippen molar-refractivity contribution in [2.75, 3.05) is 24.2 Å². The zero-order valence-corrected chi connectivity index (χ0v) is 19.5. The number of carbonyl (C=O) groups excluding carboxylic acids is 2. The first-order valence-electron chi connectivity index (χ1n) is 10.3. The highest BCUT2D eigenvalue weighted by Crippen LogP contribution is 2.22. The quantitative estimate of drug-likeness (QED) is 0.432. The van der Waals surface area contributed by atoms with Crippen molar-refractivity contribution in [1.82, 2.24) is 4.90 Å². The first-order valence-corrected chi connectivity index (χ1v) is 11.0. The van der Waals surface area contributed by atoms with Crippen molar-refractivity contribution >= 4 is 46.4 Å². The van der Waals surface area contributed by atoms with Crippen molar-refractivity contribution < 1.29 is 9.59 Å². The van der Waals surface area contributed by atoms with E-state index in [9.17, 15) is 9.59 Å². The Morgan fingerprint density at radius 3 is 2.47 bits per heavy atom. The van der Waals surface area contributed by atoms with Crippen LogP contribution < -0.4 is 10.6 Å². The minimum Gasteiger partial charge on any atom is -0.325 e. The summed E-state index contributed by atoms with van der Waals surface area (Å²) in [5.41, 5.74) is 3.91. The van der Waals surface area contributed by atoms with Crippen LogP contribution in [-0.2, 0) is 17.8 Å². The summed E-state index contributed by atoms with van der Waals surface area (Å²) >= 11 is 12.0. The Balaban J connectivity index is 1.59. The molecule has 32 heavy (non-hydrogen) atoms. The molecule has 3 rings (SSSR count). The highest BCUT2D eigenvalue weighted by Gasteiger charge is 2.13. The van der Waals surface area contributed by atoms with Crippen LogP contribution in [0.1, 0.15) is 28.4 Å². The number of nitrogens with one attached hydrogen (secondary N) is 2. The number of nitrogens with zero attached hydrogens (tertiary/aromatic N) is 1. The molecule has 0 bridgehead atoms. The molecular formula is C25H25Cl2N3O2. The van der Waals surface area contributed by atoms with E-state index in [2.05, 4.69) is 17.6 Å². The summed E-state index contributed by atoms with van der Waals surface area (Å²) in [6, 6.07) is 20.0. The van der Waals surface area contributed by atoms with Gasteiger partial charge in [0.2, 0.25) is 5.91 Å². The van der Waals surface area contributed by atoms with Gasteiger partial charge in [0, 0.05) is 22.9 Å². The molecule has 0 heterocycles. The van der Waals surface area contributed by atoms with Crippen molar-refractivity contribution in [2.45, 2.75) is 19.9 Å². The predicted octanol–water partition coefficient (Wildman–Crippen LogP) is 5.88. The molecule has 0 aliphatic heterocycles. The van der Waals surface area contributed by atoms with E-state index in [4.69, 9.17) is 23.2 Å². The minimum absolute atomic E-state index is 0.0739. The van der Waals surface area contributed by atoms with Crippen molar-refractivity contribution in [2.24, 2.45) is 0 Å². The van der Waals surface area contributed by atoms with Gasteiger partial charge in [-0.25, -0.2) is 0 Å². The van der Waals surface area contributed by atoms with Gasteiger partial charge in [-0.3, -0.25) is 14.5 Å². The van der Waals surface area contributed by atoms with Crippen LogP contribution in [0.3, 0.4) is 0 Å². The van der Waals surface area contributed by atoms with Crippen LogP contribution in [0.15, 0.2) is 66.7 Å². The smallest absolute Gasteiger partial charge is 0.257 e. The third-order valence-electron chi connectivity index (χ3n) is 4.90. The van der Waals surface area contributed by atoms with Gasteiger partial charge in [0.25, 0.3) is 5.91 Å². The van der Waals surface area contributed by atoms with Gasteiger partial charge in [0.1, 0.15) is 0 Å². The highest BCUT2D eigenvalue weighted by atomic mass is 35.5.